The molecule has 0 aromatic carbocycles. The van der Waals surface area contributed by atoms with Gasteiger partial charge in [0.25, 0.3) is 0 Å². The molecular formula is C11H20Cl2N4OS. The molecule has 19 heavy (non-hydrogen) atoms. The van der Waals surface area contributed by atoms with Gasteiger partial charge in [0.2, 0.25) is 5.91 Å². The zero-order valence-corrected chi connectivity index (χ0v) is 13.2. The monoisotopic (exact) mass is 326 g/mol. The predicted octanol–water partition coefficient (Wildman–Crippen LogP) is 1.73. The Morgan fingerprint density at radius 2 is 2.37 bits per heavy atom. The van der Waals surface area contributed by atoms with Gasteiger partial charge in [-0.1, -0.05) is 0 Å². The highest BCUT2D eigenvalue weighted by Crippen LogP contribution is 2.20. The van der Waals surface area contributed by atoms with Crippen LogP contribution in [0.15, 0.2) is 5.38 Å². The van der Waals surface area contributed by atoms with E-state index in [1.54, 1.807) is 0 Å². The molecule has 1 unspecified atom stereocenters. The van der Waals surface area contributed by atoms with Crippen LogP contribution in [0.2, 0.25) is 0 Å². The predicted molar refractivity (Wildman–Crippen MR) is 83.4 cm³/mol. The van der Waals surface area contributed by atoms with E-state index in [0.717, 1.165) is 31.9 Å². The first kappa shape index (κ1) is 18.6. The van der Waals surface area contributed by atoms with Crippen LogP contribution in [0.1, 0.15) is 19.0 Å². The van der Waals surface area contributed by atoms with Crippen LogP contribution >= 0.6 is 36.2 Å². The highest BCUT2D eigenvalue weighted by molar-refractivity contribution is 7.13. The lowest BCUT2D eigenvalue weighted by molar-refractivity contribution is -0.114. The maximum absolute atomic E-state index is 10.9. The van der Waals surface area contributed by atoms with Crippen molar-refractivity contribution < 1.29 is 4.79 Å². The Kier molecular flexibility index (Phi) is 8.52. The molecule has 0 bridgehead atoms. The van der Waals surface area contributed by atoms with Crippen molar-refractivity contribution in [2.75, 3.05) is 25.0 Å². The van der Waals surface area contributed by atoms with E-state index in [-0.39, 0.29) is 30.7 Å². The Bertz CT molecular complexity index is 402. The summed E-state index contributed by atoms with van der Waals surface area (Å²) >= 11 is 1.47. The number of nitrogens with two attached hydrogens (primary N) is 1. The third kappa shape index (κ3) is 5.62. The molecule has 1 aliphatic rings. The number of aromatic nitrogens is 1. The smallest absolute Gasteiger partial charge is 0.223 e. The molecular weight excluding hydrogens is 307 g/mol. The van der Waals surface area contributed by atoms with E-state index in [4.69, 9.17) is 5.73 Å². The standard InChI is InChI=1S/C11H18N4OS.2ClH/c1-8(16)13-11-14-10(7-17-11)6-15-3-2-9(4-12)5-15;;/h7,9H,2-6,12H2,1H3,(H,13,14,16);2*1H. The van der Waals surface area contributed by atoms with Crippen LogP contribution in [0.5, 0.6) is 0 Å². The van der Waals surface area contributed by atoms with Gasteiger partial charge in [0, 0.05) is 25.4 Å². The highest BCUT2D eigenvalue weighted by Gasteiger charge is 2.21. The van der Waals surface area contributed by atoms with Crippen molar-refractivity contribution in [2.24, 2.45) is 11.7 Å². The number of anilines is 1. The number of likely N-dealkylation sites (tertiary alicyclic amines) is 1. The summed E-state index contributed by atoms with van der Waals surface area (Å²) in [4.78, 5) is 17.6. The number of halogens is 2. The number of nitrogens with one attached hydrogen (secondary N) is 1. The van der Waals surface area contributed by atoms with Gasteiger partial charge in [0.05, 0.1) is 5.69 Å². The van der Waals surface area contributed by atoms with Crippen molar-refractivity contribution in [3.63, 3.8) is 0 Å². The topological polar surface area (TPSA) is 71.2 Å². The number of nitrogens with zero attached hydrogens (tertiary/aromatic N) is 2. The minimum absolute atomic E-state index is 0. The number of amides is 1. The van der Waals surface area contributed by atoms with E-state index in [2.05, 4.69) is 15.2 Å². The van der Waals surface area contributed by atoms with Crippen LogP contribution in [0.25, 0.3) is 0 Å². The number of carbonyl (C=O) groups excluding carboxylic acids is 1. The minimum atomic E-state index is -0.0738. The van der Waals surface area contributed by atoms with E-state index in [0.29, 0.717) is 11.0 Å². The molecule has 1 fully saturated rings. The average molecular weight is 327 g/mol. The molecule has 1 aromatic heterocycles. The minimum Gasteiger partial charge on any atom is -0.330 e. The van der Waals surface area contributed by atoms with E-state index in [1.165, 1.54) is 24.7 Å². The Hall–Kier alpha value is -0.400. The number of hydrogen-bond donors (Lipinski definition) is 2. The summed E-state index contributed by atoms with van der Waals surface area (Å²) in [6.07, 6.45) is 1.18. The second-order valence-electron chi connectivity index (χ2n) is 4.45. The normalized spacial score (nSPS) is 18.5. The van der Waals surface area contributed by atoms with Gasteiger partial charge < -0.3 is 11.1 Å². The van der Waals surface area contributed by atoms with Crippen LogP contribution in [0.4, 0.5) is 5.13 Å². The van der Waals surface area contributed by atoms with Gasteiger partial charge in [-0.15, -0.1) is 36.2 Å². The molecule has 2 rings (SSSR count). The first-order valence-corrected chi connectivity index (χ1v) is 6.69. The molecule has 0 saturated carbocycles. The van der Waals surface area contributed by atoms with Gasteiger partial charge in [0.15, 0.2) is 5.13 Å². The van der Waals surface area contributed by atoms with Crippen molar-refractivity contribution in [1.29, 1.82) is 0 Å². The van der Waals surface area contributed by atoms with Crippen LogP contribution in [0.3, 0.4) is 0 Å². The third-order valence-electron chi connectivity index (χ3n) is 2.92. The molecule has 1 amide bonds. The quantitative estimate of drug-likeness (QED) is 0.883. The largest absolute Gasteiger partial charge is 0.330 e. The molecule has 2 heterocycles. The first-order valence-electron chi connectivity index (χ1n) is 5.82. The van der Waals surface area contributed by atoms with Gasteiger partial charge in [-0.2, -0.15) is 0 Å². The molecule has 1 aromatic rings. The van der Waals surface area contributed by atoms with Crippen LogP contribution in [-0.2, 0) is 11.3 Å². The van der Waals surface area contributed by atoms with Crippen molar-refractivity contribution in [1.82, 2.24) is 9.88 Å². The summed E-state index contributed by atoms with van der Waals surface area (Å²) in [5.41, 5.74) is 6.69. The number of carbonyl (C=O) groups is 1. The molecule has 1 atom stereocenters. The fourth-order valence-electron chi connectivity index (χ4n) is 2.07. The lowest BCUT2D eigenvalue weighted by Crippen LogP contribution is -2.22. The molecule has 1 saturated heterocycles. The van der Waals surface area contributed by atoms with Gasteiger partial charge in [-0.25, -0.2) is 4.98 Å². The molecule has 0 spiro atoms. The Morgan fingerprint density at radius 1 is 1.63 bits per heavy atom. The summed E-state index contributed by atoms with van der Waals surface area (Å²) in [6, 6.07) is 0. The molecule has 0 aliphatic carbocycles. The number of hydrogen-bond acceptors (Lipinski definition) is 5. The van der Waals surface area contributed by atoms with Crippen LogP contribution in [0, 0.1) is 5.92 Å². The lowest BCUT2D eigenvalue weighted by Gasteiger charge is -2.13. The molecule has 1 aliphatic heterocycles. The Balaban J connectivity index is 0.00000162. The third-order valence-corrected chi connectivity index (χ3v) is 3.73. The fraction of sp³-hybridized carbons (Fsp3) is 0.636. The summed E-state index contributed by atoms with van der Waals surface area (Å²) in [6.45, 7) is 5.27. The maximum atomic E-state index is 10.9. The molecule has 0 radical (unpaired) electrons. The lowest BCUT2D eigenvalue weighted by atomic mass is 10.1. The fourth-order valence-corrected chi connectivity index (χ4v) is 2.81. The average Bonchev–Trinajstić information content (AvgIpc) is 2.88. The second-order valence-corrected chi connectivity index (χ2v) is 5.31. The number of thiazole rings is 1. The second kappa shape index (κ2) is 8.71. The van der Waals surface area contributed by atoms with Gasteiger partial charge in [-0.05, 0) is 25.4 Å². The zero-order chi connectivity index (χ0) is 12.3. The summed E-state index contributed by atoms with van der Waals surface area (Å²) in [5.74, 6) is 0.554. The van der Waals surface area contributed by atoms with Crippen LogP contribution in [-0.4, -0.2) is 35.4 Å². The molecule has 3 N–H and O–H groups in total. The first-order chi connectivity index (χ1) is 8.17. The zero-order valence-electron chi connectivity index (χ0n) is 10.8. The molecule has 110 valence electrons. The summed E-state index contributed by atoms with van der Waals surface area (Å²) < 4.78 is 0. The maximum Gasteiger partial charge on any atom is 0.223 e. The van der Waals surface area contributed by atoms with Crippen LogP contribution < -0.4 is 11.1 Å². The summed E-state index contributed by atoms with van der Waals surface area (Å²) in [7, 11) is 0. The molecule has 8 heteroatoms. The van der Waals surface area contributed by atoms with Crippen molar-refractivity contribution in [3.05, 3.63) is 11.1 Å². The number of rotatable bonds is 4. The van der Waals surface area contributed by atoms with Crippen molar-refractivity contribution in [3.8, 4) is 0 Å². The SMILES string of the molecule is CC(=O)Nc1nc(CN2CCC(CN)C2)cs1.Cl.Cl. The Labute approximate surface area is 129 Å². The van der Waals surface area contributed by atoms with Gasteiger partial charge in [-0.3, -0.25) is 9.69 Å². The van der Waals surface area contributed by atoms with Gasteiger partial charge in [0.1, 0.15) is 0 Å². The van der Waals surface area contributed by atoms with Crippen molar-refractivity contribution in [2.45, 2.75) is 19.9 Å². The van der Waals surface area contributed by atoms with E-state index in [1.807, 2.05) is 5.38 Å². The molecule has 5 nitrogen and oxygen atoms in total. The highest BCUT2D eigenvalue weighted by atomic mass is 35.5. The van der Waals surface area contributed by atoms with E-state index >= 15 is 0 Å². The van der Waals surface area contributed by atoms with Gasteiger partial charge >= 0.3 is 0 Å². The van der Waals surface area contributed by atoms with Crippen molar-refractivity contribution >= 4 is 47.2 Å². The Morgan fingerprint density at radius 3 is 2.95 bits per heavy atom. The summed E-state index contributed by atoms with van der Waals surface area (Å²) in [5, 5.41) is 5.38. The van der Waals surface area contributed by atoms with E-state index in [9.17, 15) is 4.79 Å². The van der Waals surface area contributed by atoms with E-state index < -0.39 is 0 Å².